The second kappa shape index (κ2) is 23.5. The predicted octanol–water partition coefficient (Wildman–Crippen LogP) is 9.78. The highest BCUT2D eigenvalue weighted by Crippen LogP contribution is 2.46. The zero-order valence-corrected chi connectivity index (χ0v) is 39.7. The Balaban J connectivity index is 0.000000188. The molecule has 6 aromatic rings. The van der Waals surface area contributed by atoms with Gasteiger partial charge in [0.2, 0.25) is 0 Å². The molecule has 0 unspecified atom stereocenters. The Labute approximate surface area is 408 Å². The summed E-state index contributed by atoms with van der Waals surface area (Å²) in [6.45, 7) is 2.47. The second-order valence-electron chi connectivity index (χ2n) is 17.2. The maximum atomic E-state index is 12.8. The van der Waals surface area contributed by atoms with Crippen molar-refractivity contribution in [2.24, 2.45) is 11.8 Å². The Hall–Kier alpha value is -7.13. The zero-order chi connectivity index (χ0) is 48.9. The van der Waals surface area contributed by atoms with Gasteiger partial charge in [0.05, 0.1) is 25.7 Å². The summed E-state index contributed by atoms with van der Waals surface area (Å²) in [5.74, 6) is -2.99. The first-order valence-corrected chi connectivity index (χ1v) is 24.8. The highest BCUT2D eigenvalue weighted by atomic mass is 32.2. The predicted molar refractivity (Wildman–Crippen MR) is 261 cm³/mol. The molecule has 2 aliphatic carbocycles. The Morgan fingerprint density at radius 3 is 1.56 bits per heavy atom. The molecule has 362 valence electrons. The smallest absolute Gasteiger partial charge is 0.425 e. The fourth-order valence-electron chi connectivity index (χ4n) is 8.86. The van der Waals surface area contributed by atoms with E-state index in [1.54, 1.807) is 12.1 Å². The van der Waals surface area contributed by atoms with E-state index in [9.17, 15) is 27.6 Å². The minimum absolute atomic E-state index is 0.0193. The maximum absolute atomic E-state index is 12.8. The lowest BCUT2D eigenvalue weighted by Crippen LogP contribution is -2.49. The molecule has 1 heterocycles. The van der Waals surface area contributed by atoms with Gasteiger partial charge in [0.15, 0.2) is 0 Å². The molecule has 0 saturated carbocycles. The number of hydrogen-bond acceptors (Lipinski definition) is 12. The topological polar surface area (TPSA) is 161 Å². The van der Waals surface area contributed by atoms with Crippen molar-refractivity contribution >= 4 is 34.3 Å². The van der Waals surface area contributed by atoms with Gasteiger partial charge in [-0.15, -0.1) is 0 Å². The number of rotatable bonds is 17. The normalized spacial score (nSPS) is 15.7. The number of carbonyl (C=O) groups is 4. The minimum atomic E-state index is -4.37. The largest absolute Gasteiger partial charge is 0.465 e. The first-order chi connectivity index (χ1) is 34.1. The molecule has 1 amide bonds. The van der Waals surface area contributed by atoms with Crippen LogP contribution in [0.3, 0.4) is 0 Å². The third-order valence-electron chi connectivity index (χ3n) is 12.5. The van der Waals surface area contributed by atoms with E-state index >= 15 is 0 Å². The summed E-state index contributed by atoms with van der Waals surface area (Å²) in [5.41, 5.74) is 10.6. The van der Waals surface area contributed by atoms with Crippen molar-refractivity contribution in [2.75, 3.05) is 39.6 Å². The molecule has 70 heavy (non-hydrogen) atoms. The maximum Gasteiger partial charge on any atom is 0.425 e. The minimum Gasteiger partial charge on any atom is -0.465 e. The molecule has 3 aliphatic rings. The van der Waals surface area contributed by atoms with Gasteiger partial charge in [-0.25, -0.2) is 4.79 Å². The van der Waals surface area contributed by atoms with E-state index in [-0.39, 0.29) is 63.2 Å². The van der Waals surface area contributed by atoms with Gasteiger partial charge in [-0.1, -0.05) is 165 Å². The number of ether oxygens (including phenoxy) is 5. The van der Waals surface area contributed by atoms with E-state index in [1.165, 1.54) is 22.3 Å². The molecule has 0 N–H and O–H groups in total. The Morgan fingerprint density at radius 1 is 0.600 bits per heavy atom. The number of esters is 3. The number of benzene rings is 6. The van der Waals surface area contributed by atoms with Crippen LogP contribution in [0.1, 0.15) is 71.4 Å². The van der Waals surface area contributed by atoms with Crippen molar-refractivity contribution in [3.05, 3.63) is 191 Å². The average Bonchev–Trinajstić information content (AvgIpc) is 3.89. The van der Waals surface area contributed by atoms with Gasteiger partial charge < -0.3 is 23.7 Å². The molecule has 1 aliphatic heterocycles. The standard InChI is InChI=1S/C30H32O5.C26H23NO7S/c1-2-18-33-20-23(30(32)35-19-22-10-4-3-5-11-22)16-17-29(31)34-21-28-26-14-8-6-12-24(26)25-13-7-9-15-27(25)28;28-25(32-15-18-8-2-1-3-9-18)19-14-27(35(30,31)34-16-19)26(29)33-17-24-22-12-6-4-10-20(22)21-11-5-7-13-23(21)24/h3-15,23,28H,2,16-21H2,1H3;1-13,19,24H,14-17H2/t23-;19-/m11/s1. The van der Waals surface area contributed by atoms with Crippen molar-refractivity contribution in [1.82, 2.24) is 4.31 Å². The quantitative estimate of drug-likeness (QED) is 0.0484. The summed E-state index contributed by atoms with van der Waals surface area (Å²) < 4.78 is 57.7. The van der Waals surface area contributed by atoms with Gasteiger partial charge >= 0.3 is 34.3 Å². The molecule has 1 saturated heterocycles. The van der Waals surface area contributed by atoms with Crippen LogP contribution in [0.4, 0.5) is 4.79 Å². The molecule has 0 bridgehead atoms. The van der Waals surface area contributed by atoms with Crippen LogP contribution in [0, 0.1) is 11.8 Å². The fraction of sp³-hybridized carbons (Fsp3) is 0.286. The summed E-state index contributed by atoms with van der Waals surface area (Å²) in [7, 11) is -4.37. The van der Waals surface area contributed by atoms with Gasteiger partial charge in [0.1, 0.15) is 32.3 Å². The number of fused-ring (bicyclic) bond motifs is 6. The molecule has 9 rings (SSSR count). The zero-order valence-electron chi connectivity index (χ0n) is 38.9. The van der Waals surface area contributed by atoms with Crippen LogP contribution in [0.5, 0.6) is 0 Å². The molecular weight excluding hydrogens is 911 g/mol. The Morgan fingerprint density at radius 2 is 1.06 bits per heavy atom. The third-order valence-corrected chi connectivity index (χ3v) is 13.7. The highest BCUT2D eigenvalue weighted by molar-refractivity contribution is 7.84. The fourth-order valence-corrected chi connectivity index (χ4v) is 9.92. The number of hydrogen-bond donors (Lipinski definition) is 0. The van der Waals surface area contributed by atoms with Crippen LogP contribution in [0.25, 0.3) is 22.3 Å². The van der Waals surface area contributed by atoms with Crippen LogP contribution in [0.15, 0.2) is 158 Å². The highest BCUT2D eigenvalue weighted by Gasteiger charge is 2.42. The number of nitrogens with zero attached hydrogens (tertiary/aromatic N) is 1. The lowest BCUT2D eigenvalue weighted by atomic mass is 9.98. The van der Waals surface area contributed by atoms with Gasteiger partial charge in [-0.3, -0.25) is 18.6 Å². The monoisotopic (exact) mass is 965 g/mol. The lowest BCUT2D eigenvalue weighted by Gasteiger charge is -2.30. The summed E-state index contributed by atoms with van der Waals surface area (Å²) >= 11 is 0. The van der Waals surface area contributed by atoms with Gasteiger partial charge in [-0.2, -0.15) is 12.7 Å². The summed E-state index contributed by atoms with van der Waals surface area (Å²) in [6.07, 6.45) is 0.232. The van der Waals surface area contributed by atoms with E-state index in [4.69, 9.17) is 27.9 Å². The van der Waals surface area contributed by atoms with Crippen LogP contribution < -0.4 is 0 Å². The van der Waals surface area contributed by atoms with Crippen LogP contribution in [-0.4, -0.2) is 76.3 Å². The first kappa shape index (κ1) is 49.3. The molecule has 0 radical (unpaired) electrons. The third kappa shape index (κ3) is 12.0. The number of amides is 1. The van der Waals surface area contributed by atoms with Crippen LogP contribution in [0.2, 0.25) is 0 Å². The van der Waals surface area contributed by atoms with Crippen LogP contribution >= 0.6 is 0 Å². The van der Waals surface area contributed by atoms with Crippen molar-refractivity contribution in [2.45, 2.75) is 51.2 Å². The van der Waals surface area contributed by atoms with E-state index in [1.807, 2.05) is 128 Å². The molecule has 2 atom stereocenters. The number of carbonyl (C=O) groups excluding carboxylic acids is 4. The van der Waals surface area contributed by atoms with E-state index < -0.39 is 47.4 Å². The molecule has 14 heteroatoms. The van der Waals surface area contributed by atoms with Crippen LogP contribution in [-0.2, 0) is 65.8 Å². The summed E-state index contributed by atoms with van der Waals surface area (Å²) in [4.78, 5) is 50.7. The lowest BCUT2D eigenvalue weighted by molar-refractivity contribution is -0.154. The SMILES string of the molecule is CCCOC[C@@H](CCC(=O)OCC1c2ccccc2-c2ccccc21)C(=O)OCc1ccccc1.O=C(OCc1ccccc1)[C@H]1COS(=O)(=O)N(C(=O)OCC2c3ccccc3-c3ccccc32)C1. The van der Waals surface area contributed by atoms with Crippen molar-refractivity contribution in [1.29, 1.82) is 0 Å². The van der Waals surface area contributed by atoms with E-state index in [0.29, 0.717) is 17.3 Å². The van der Waals surface area contributed by atoms with E-state index in [0.717, 1.165) is 39.8 Å². The molecule has 0 spiro atoms. The second-order valence-corrected chi connectivity index (χ2v) is 18.7. The summed E-state index contributed by atoms with van der Waals surface area (Å²) in [5, 5.41) is 0. The van der Waals surface area contributed by atoms with Crippen molar-refractivity contribution in [3.8, 4) is 22.3 Å². The van der Waals surface area contributed by atoms with Crippen molar-refractivity contribution < 1.29 is 55.5 Å². The summed E-state index contributed by atoms with van der Waals surface area (Å²) in [6, 6.07) is 50.8. The van der Waals surface area contributed by atoms with E-state index in [2.05, 4.69) is 24.3 Å². The van der Waals surface area contributed by atoms with Gasteiger partial charge in [0.25, 0.3) is 0 Å². The Bertz CT molecular complexity index is 2780. The van der Waals surface area contributed by atoms with Gasteiger partial charge in [-0.05, 0) is 68.5 Å². The molecule has 13 nitrogen and oxygen atoms in total. The molecule has 1 fully saturated rings. The molecule has 0 aromatic heterocycles. The molecular formula is C56H55NO12S. The van der Waals surface area contributed by atoms with Crippen molar-refractivity contribution in [3.63, 3.8) is 0 Å². The van der Waals surface area contributed by atoms with Gasteiger partial charge in [0, 0.05) is 24.9 Å². The average molecular weight is 966 g/mol. The first-order valence-electron chi connectivity index (χ1n) is 23.5. The molecule has 6 aromatic carbocycles. The Kier molecular flexibility index (Phi) is 16.5.